The topological polar surface area (TPSA) is 220 Å². The van der Waals surface area contributed by atoms with Crippen LogP contribution in [0.2, 0.25) is 0 Å². The molecule has 13 nitrogen and oxygen atoms in total. The maximum atomic E-state index is 13.6. The highest BCUT2D eigenvalue weighted by atomic mass is 16.4. The second-order valence-corrected chi connectivity index (χ2v) is 11.4. The van der Waals surface area contributed by atoms with Gasteiger partial charge in [-0.25, -0.2) is 4.79 Å². The lowest BCUT2D eigenvalue weighted by molar-refractivity contribution is -0.143. The number of hydrogen-bond acceptors (Lipinski definition) is 6. The first-order valence-corrected chi connectivity index (χ1v) is 14.7. The Hall–Kier alpha value is -5.17. The van der Waals surface area contributed by atoms with Crippen LogP contribution in [0.1, 0.15) is 37.8 Å². The van der Waals surface area contributed by atoms with Crippen LogP contribution in [0.15, 0.2) is 60.9 Å². The molecule has 0 aliphatic heterocycles. The highest BCUT2D eigenvalue weighted by Crippen LogP contribution is 2.20. The number of aliphatic carboxylic acids is 2. The van der Waals surface area contributed by atoms with Crippen LogP contribution in [-0.2, 0) is 36.8 Å². The number of carbonyl (C=O) groups excluding carboxylic acids is 3. The summed E-state index contributed by atoms with van der Waals surface area (Å²) in [4.78, 5) is 69.7. The molecule has 0 aliphatic carbocycles. The fourth-order valence-electron chi connectivity index (χ4n) is 5.21. The lowest BCUT2D eigenvalue weighted by Gasteiger charge is -2.26. The molecule has 3 amide bonds. The van der Waals surface area contributed by atoms with E-state index in [0.29, 0.717) is 5.56 Å². The molecular weight excluding hydrogens is 580 g/mol. The average molecular weight is 619 g/mol. The van der Waals surface area contributed by atoms with E-state index in [2.05, 4.69) is 25.9 Å². The predicted octanol–water partition coefficient (Wildman–Crippen LogP) is 1.82. The van der Waals surface area contributed by atoms with Crippen molar-refractivity contribution in [3.63, 3.8) is 0 Å². The van der Waals surface area contributed by atoms with Gasteiger partial charge in [-0.1, -0.05) is 50.2 Å². The van der Waals surface area contributed by atoms with Crippen molar-refractivity contribution in [1.29, 1.82) is 0 Å². The Labute approximate surface area is 258 Å². The third-order valence-electron chi connectivity index (χ3n) is 7.69. The van der Waals surface area contributed by atoms with Crippen molar-refractivity contribution in [2.45, 2.75) is 63.7 Å². The van der Waals surface area contributed by atoms with Gasteiger partial charge < -0.3 is 41.9 Å². The van der Waals surface area contributed by atoms with Gasteiger partial charge in [0.1, 0.15) is 18.1 Å². The van der Waals surface area contributed by atoms with Gasteiger partial charge in [-0.2, -0.15) is 0 Å². The molecule has 4 rings (SSSR count). The minimum absolute atomic E-state index is 0.00824. The number of carboxylic acids is 2. The molecule has 2 heterocycles. The Morgan fingerprint density at radius 1 is 0.733 bits per heavy atom. The zero-order valence-electron chi connectivity index (χ0n) is 25.0. The second-order valence-electron chi connectivity index (χ2n) is 11.4. The zero-order valence-corrected chi connectivity index (χ0v) is 25.0. The van der Waals surface area contributed by atoms with E-state index in [9.17, 15) is 34.2 Å². The monoisotopic (exact) mass is 618 g/mol. The van der Waals surface area contributed by atoms with Crippen molar-refractivity contribution in [2.75, 3.05) is 0 Å². The molecule has 2 aromatic carbocycles. The van der Waals surface area contributed by atoms with Gasteiger partial charge in [0.05, 0.1) is 6.04 Å². The number of benzene rings is 2. The number of rotatable bonds is 15. The van der Waals surface area contributed by atoms with Crippen molar-refractivity contribution in [3.8, 4) is 0 Å². The number of aromatic amines is 2. The molecule has 13 heteroatoms. The molecule has 0 bridgehead atoms. The number of fused-ring (bicyclic) bond motifs is 2. The lowest BCUT2D eigenvalue weighted by Crippen LogP contribution is -2.58. The first-order valence-electron chi connectivity index (χ1n) is 14.7. The number of para-hydroxylation sites is 2. The van der Waals surface area contributed by atoms with Gasteiger partial charge in [0.2, 0.25) is 17.7 Å². The Bertz CT molecular complexity index is 1690. The van der Waals surface area contributed by atoms with Gasteiger partial charge in [0.25, 0.3) is 0 Å². The smallest absolute Gasteiger partial charge is 0.326 e. The highest BCUT2D eigenvalue weighted by Gasteiger charge is 2.32. The average Bonchev–Trinajstić information content (AvgIpc) is 3.60. The van der Waals surface area contributed by atoms with Gasteiger partial charge in [-0.05, 0) is 42.0 Å². The summed E-state index contributed by atoms with van der Waals surface area (Å²) in [6, 6.07) is 10.0. The number of carbonyl (C=O) groups is 5. The standard InChI is InChI=1S/C32H38N6O7/c1-17(2)28(32(44)45)38-31(43)26(14-19-16-35-24-10-6-4-8-21(19)24)37-30(42)25(11-12-27(39)40)36-29(41)22(33)13-18-15-34-23-9-5-3-7-20(18)23/h3-10,15-17,22,25-26,28,34-35H,11-14,33H2,1-2H3,(H,36,41)(H,37,42)(H,38,43)(H,39,40)(H,44,45). The van der Waals surface area contributed by atoms with Crippen LogP contribution >= 0.6 is 0 Å². The molecule has 4 aromatic rings. The van der Waals surface area contributed by atoms with Crippen molar-refractivity contribution in [1.82, 2.24) is 25.9 Å². The van der Waals surface area contributed by atoms with E-state index in [-0.39, 0.29) is 19.3 Å². The summed E-state index contributed by atoms with van der Waals surface area (Å²) in [7, 11) is 0. The zero-order chi connectivity index (χ0) is 32.7. The highest BCUT2D eigenvalue weighted by molar-refractivity contribution is 5.95. The third-order valence-corrected chi connectivity index (χ3v) is 7.69. The van der Waals surface area contributed by atoms with Gasteiger partial charge >= 0.3 is 11.9 Å². The van der Waals surface area contributed by atoms with Crippen LogP contribution in [0.3, 0.4) is 0 Å². The molecule has 238 valence electrons. The van der Waals surface area contributed by atoms with Crippen LogP contribution in [0, 0.1) is 5.92 Å². The molecule has 0 radical (unpaired) electrons. The summed E-state index contributed by atoms with van der Waals surface area (Å²) in [6.45, 7) is 3.28. The van der Waals surface area contributed by atoms with E-state index >= 15 is 0 Å². The maximum Gasteiger partial charge on any atom is 0.326 e. The lowest BCUT2D eigenvalue weighted by atomic mass is 10.0. The molecule has 0 fully saturated rings. The number of hydrogen-bond donors (Lipinski definition) is 8. The van der Waals surface area contributed by atoms with E-state index in [4.69, 9.17) is 5.73 Å². The van der Waals surface area contributed by atoms with Crippen LogP contribution in [-0.4, -0.2) is 74.0 Å². The molecule has 0 aliphatic rings. The minimum Gasteiger partial charge on any atom is -0.481 e. The largest absolute Gasteiger partial charge is 0.481 e. The Morgan fingerprint density at radius 3 is 1.78 bits per heavy atom. The minimum atomic E-state index is -1.33. The van der Waals surface area contributed by atoms with Crippen LogP contribution < -0.4 is 21.7 Å². The second kappa shape index (κ2) is 14.5. The van der Waals surface area contributed by atoms with E-state index in [0.717, 1.165) is 27.4 Å². The molecule has 45 heavy (non-hydrogen) atoms. The normalized spacial score (nSPS) is 14.0. The predicted molar refractivity (Wildman–Crippen MR) is 167 cm³/mol. The molecule has 4 atom stereocenters. The van der Waals surface area contributed by atoms with Gasteiger partial charge in [0, 0.05) is 47.0 Å². The quantitative estimate of drug-likeness (QED) is 0.0980. The van der Waals surface area contributed by atoms with Crippen molar-refractivity contribution in [3.05, 3.63) is 72.1 Å². The molecule has 2 aromatic heterocycles. The summed E-state index contributed by atoms with van der Waals surface area (Å²) < 4.78 is 0. The summed E-state index contributed by atoms with van der Waals surface area (Å²) in [5, 5.41) is 28.3. The first kappa shape index (κ1) is 32.7. The molecule has 9 N–H and O–H groups in total. The van der Waals surface area contributed by atoms with E-state index in [1.54, 1.807) is 26.2 Å². The summed E-state index contributed by atoms with van der Waals surface area (Å²) >= 11 is 0. The number of carboxylic acid groups (broad SMARTS) is 2. The number of H-pyrrole nitrogens is 2. The summed E-state index contributed by atoms with van der Waals surface area (Å²) in [5.41, 5.74) is 9.38. The van der Waals surface area contributed by atoms with Crippen molar-refractivity contribution in [2.24, 2.45) is 11.7 Å². The number of nitrogens with one attached hydrogen (secondary N) is 5. The van der Waals surface area contributed by atoms with E-state index in [1.807, 2.05) is 48.5 Å². The third kappa shape index (κ3) is 8.26. The molecule has 0 saturated heterocycles. The van der Waals surface area contributed by atoms with Crippen LogP contribution in [0.25, 0.3) is 21.8 Å². The van der Waals surface area contributed by atoms with Gasteiger partial charge in [-0.3, -0.25) is 19.2 Å². The Morgan fingerprint density at radius 2 is 1.24 bits per heavy atom. The Kier molecular flexibility index (Phi) is 10.6. The van der Waals surface area contributed by atoms with Gasteiger partial charge in [0.15, 0.2) is 0 Å². The summed E-state index contributed by atoms with van der Waals surface area (Å²) in [5.74, 6) is -5.08. The van der Waals surface area contributed by atoms with Crippen LogP contribution in [0.5, 0.6) is 0 Å². The molecule has 0 spiro atoms. The number of aromatic nitrogens is 2. The van der Waals surface area contributed by atoms with Crippen LogP contribution in [0.4, 0.5) is 0 Å². The number of amides is 3. The van der Waals surface area contributed by atoms with E-state index in [1.165, 1.54) is 0 Å². The summed E-state index contributed by atoms with van der Waals surface area (Å²) in [6.07, 6.45) is 2.89. The first-order chi connectivity index (χ1) is 21.4. The maximum absolute atomic E-state index is 13.6. The number of nitrogens with two attached hydrogens (primary N) is 1. The molecular formula is C32H38N6O7. The van der Waals surface area contributed by atoms with Crippen molar-refractivity contribution < 1.29 is 34.2 Å². The van der Waals surface area contributed by atoms with Crippen molar-refractivity contribution >= 4 is 51.5 Å². The fraction of sp³-hybridized carbons (Fsp3) is 0.344. The van der Waals surface area contributed by atoms with Gasteiger partial charge in [-0.15, -0.1) is 0 Å². The fourth-order valence-corrected chi connectivity index (χ4v) is 5.21. The SMILES string of the molecule is CC(C)C(NC(=O)C(Cc1c[nH]c2ccccc12)NC(=O)C(CCC(=O)O)NC(=O)C(N)Cc1c[nH]c2ccccc12)C(=O)O. The molecule has 0 saturated carbocycles. The molecule has 4 unspecified atom stereocenters. The van der Waals surface area contributed by atoms with E-state index < -0.39 is 66.2 Å². The Balaban J connectivity index is 1.54.